The van der Waals surface area contributed by atoms with Crippen molar-refractivity contribution < 1.29 is 9.59 Å². The maximum absolute atomic E-state index is 13.0. The Morgan fingerprint density at radius 2 is 1.87 bits per heavy atom. The van der Waals surface area contributed by atoms with E-state index in [1.54, 1.807) is 0 Å². The second-order valence-corrected chi connectivity index (χ2v) is 8.52. The summed E-state index contributed by atoms with van der Waals surface area (Å²) < 4.78 is 0. The number of likely N-dealkylation sites (tertiary alicyclic amines) is 1. The first kappa shape index (κ1) is 20.3. The zero-order valence-electron chi connectivity index (χ0n) is 18.1. The van der Waals surface area contributed by atoms with Crippen molar-refractivity contribution in [2.24, 2.45) is 11.8 Å². The summed E-state index contributed by atoms with van der Waals surface area (Å²) in [6.07, 6.45) is 1.88. The minimum atomic E-state index is -0.187. The van der Waals surface area contributed by atoms with Crippen LogP contribution < -0.4 is 10.2 Å². The average Bonchev–Trinajstić information content (AvgIpc) is 3.27. The van der Waals surface area contributed by atoms with E-state index in [2.05, 4.69) is 39.2 Å². The Kier molecular flexibility index (Phi) is 5.45. The van der Waals surface area contributed by atoms with Crippen LogP contribution in [0.2, 0.25) is 0 Å². The normalized spacial score (nSPS) is 22.9. The number of rotatable bonds is 4. The highest BCUT2D eigenvalue weighted by Crippen LogP contribution is 2.46. The molecule has 2 fully saturated rings. The van der Waals surface area contributed by atoms with Gasteiger partial charge in [-0.1, -0.05) is 24.3 Å². The summed E-state index contributed by atoms with van der Waals surface area (Å²) in [7, 11) is 0. The maximum Gasteiger partial charge on any atom is 0.242 e. The number of hydrogen-bond acceptors (Lipinski definition) is 5. The Labute approximate surface area is 177 Å². The molecule has 2 aliphatic heterocycles. The third kappa shape index (κ3) is 3.76. The Morgan fingerprint density at radius 3 is 2.57 bits per heavy atom. The fourth-order valence-electron chi connectivity index (χ4n) is 4.75. The van der Waals surface area contributed by atoms with Crippen molar-refractivity contribution in [2.45, 2.75) is 33.7 Å². The number of anilines is 1. The predicted octanol–water partition coefficient (Wildman–Crippen LogP) is 2.17. The van der Waals surface area contributed by atoms with Crippen LogP contribution in [0.4, 0.5) is 5.95 Å². The van der Waals surface area contributed by atoms with Gasteiger partial charge in [0.05, 0.1) is 12.6 Å². The number of carbonyl (C=O) groups excluding carboxylic acids is 2. The molecule has 1 N–H and O–H groups in total. The topological polar surface area (TPSA) is 78.4 Å². The molecule has 3 heterocycles. The highest BCUT2D eigenvalue weighted by molar-refractivity contribution is 5.84. The van der Waals surface area contributed by atoms with Crippen LogP contribution in [-0.4, -0.2) is 52.9 Å². The van der Waals surface area contributed by atoms with Crippen molar-refractivity contribution in [2.75, 3.05) is 31.1 Å². The Morgan fingerprint density at radius 1 is 1.10 bits per heavy atom. The lowest BCUT2D eigenvalue weighted by molar-refractivity contribution is -0.133. The summed E-state index contributed by atoms with van der Waals surface area (Å²) >= 11 is 0. The molecular formula is C23H29N5O2. The standard InChI is InChI=1S/C23H29N5O2/c1-14-7-5-6-8-19(14)22-20-13-27(23-25-9-15(2)16(3)26-23)11-18(20)12-28(22)21(30)10-24-17(4)29/h5-9,18,20,22H,10-13H2,1-4H3,(H,24,29)/t18-,20-,22+/m0/s1. The molecule has 30 heavy (non-hydrogen) atoms. The Balaban J connectivity index is 1.61. The molecule has 2 saturated heterocycles. The van der Waals surface area contributed by atoms with Crippen LogP contribution in [0.25, 0.3) is 0 Å². The number of nitrogens with zero attached hydrogens (tertiary/aromatic N) is 4. The number of fused-ring (bicyclic) bond motifs is 1. The first-order valence-electron chi connectivity index (χ1n) is 10.5. The predicted molar refractivity (Wildman–Crippen MR) is 115 cm³/mol. The van der Waals surface area contributed by atoms with Gasteiger partial charge in [0, 0.05) is 50.3 Å². The first-order valence-corrected chi connectivity index (χ1v) is 10.5. The van der Waals surface area contributed by atoms with E-state index in [9.17, 15) is 9.59 Å². The highest BCUT2D eigenvalue weighted by atomic mass is 16.2. The molecule has 1 aromatic heterocycles. The number of aryl methyl sites for hydroxylation is 3. The van der Waals surface area contributed by atoms with E-state index in [1.165, 1.54) is 18.1 Å². The van der Waals surface area contributed by atoms with Gasteiger partial charge in [-0.25, -0.2) is 9.97 Å². The third-order valence-electron chi connectivity index (χ3n) is 6.48. The number of carbonyl (C=O) groups is 2. The van der Waals surface area contributed by atoms with Crippen LogP contribution in [0.1, 0.15) is 35.3 Å². The molecule has 1 aromatic carbocycles. The number of aromatic nitrogens is 2. The van der Waals surface area contributed by atoms with Gasteiger partial charge in [-0.15, -0.1) is 0 Å². The molecule has 2 aliphatic rings. The number of nitrogens with one attached hydrogen (secondary N) is 1. The third-order valence-corrected chi connectivity index (χ3v) is 6.48. The molecular weight excluding hydrogens is 378 g/mol. The quantitative estimate of drug-likeness (QED) is 0.840. The van der Waals surface area contributed by atoms with Gasteiger partial charge < -0.3 is 15.1 Å². The van der Waals surface area contributed by atoms with Gasteiger partial charge in [0.1, 0.15) is 0 Å². The minimum absolute atomic E-state index is 0.00555. The summed E-state index contributed by atoms with van der Waals surface area (Å²) in [6.45, 7) is 9.94. The smallest absolute Gasteiger partial charge is 0.242 e. The molecule has 0 saturated carbocycles. The van der Waals surface area contributed by atoms with Crippen LogP contribution >= 0.6 is 0 Å². The number of hydrogen-bond donors (Lipinski definition) is 1. The molecule has 0 radical (unpaired) electrons. The summed E-state index contributed by atoms with van der Waals surface area (Å²) in [5.41, 5.74) is 4.45. The summed E-state index contributed by atoms with van der Waals surface area (Å²) in [5.74, 6) is 1.21. The van der Waals surface area contributed by atoms with E-state index >= 15 is 0 Å². The van der Waals surface area contributed by atoms with E-state index < -0.39 is 0 Å². The molecule has 7 heteroatoms. The Hall–Kier alpha value is -2.96. The van der Waals surface area contributed by atoms with Gasteiger partial charge in [0.2, 0.25) is 17.8 Å². The lowest BCUT2D eigenvalue weighted by Gasteiger charge is -2.31. The van der Waals surface area contributed by atoms with E-state index in [-0.39, 0.29) is 24.4 Å². The average molecular weight is 408 g/mol. The van der Waals surface area contributed by atoms with Crippen molar-refractivity contribution in [3.63, 3.8) is 0 Å². The molecule has 7 nitrogen and oxygen atoms in total. The molecule has 0 spiro atoms. The summed E-state index contributed by atoms with van der Waals surface area (Å²) in [5, 5.41) is 2.66. The molecule has 158 valence electrons. The van der Waals surface area contributed by atoms with Crippen molar-refractivity contribution in [1.82, 2.24) is 20.2 Å². The summed E-state index contributed by atoms with van der Waals surface area (Å²) in [4.78, 5) is 37.8. The van der Waals surface area contributed by atoms with Crippen LogP contribution in [0.15, 0.2) is 30.5 Å². The zero-order valence-corrected chi connectivity index (χ0v) is 18.1. The van der Waals surface area contributed by atoms with Gasteiger partial charge >= 0.3 is 0 Å². The van der Waals surface area contributed by atoms with Crippen molar-refractivity contribution in [3.8, 4) is 0 Å². The van der Waals surface area contributed by atoms with Gasteiger partial charge in [0.25, 0.3) is 0 Å². The van der Waals surface area contributed by atoms with Gasteiger partial charge in [0.15, 0.2) is 0 Å². The molecule has 2 amide bonds. The first-order chi connectivity index (χ1) is 14.3. The van der Waals surface area contributed by atoms with E-state index in [4.69, 9.17) is 0 Å². The van der Waals surface area contributed by atoms with Crippen molar-refractivity contribution >= 4 is 17.8 Å². The highest BCUT2D eigenvalue weighted by Gasteiger charge is 2.49. The lowest BCUT2D eigenvalue weighted by Crippen LogP contribution is -2.41. The maximum atomic E-state index is 13.0. The lowest BCUT2D eigenvalue weighted by atomic mass is 9.87. The SMILES string of the molecule is CC(=O)NCC(=O)N1C[C@@H]2CN(c3ncc(C)c(C)n3)C[C@@H]2[C@H]1c1ccccc1C. The second kappa shape index (κ2) is 8.05. The van der Waals surface area contributed by atoms with E-state index in [0.29, 0.717) is 18.4 Å². The van der Waals surface area contributed by atoms with Crippen LogP contribution in [0.3, 0.4) is 0 Å². The largest absolute Gasteiger partial charge is 0.347 e. The van der Waals surface area contributed by atoms with Gasteiger partial charge in [-0.2, -0.15) is 0 Å². The van der Waals surface area contributed by atoms with Crippen molar-refractivity contribution in [3.05, 3.63) is 52.8 Å². The van der Waals surface area contributed by atoms with Crippen molar-refractivity contribution in [1.29, 1.82) is 0 Å². The summed E-state index contributed by atoms with van der Waals surface area (Å²) in [6, 6.07) is 8.27. The number of benzene rings is 1. The zero-order chi connectivity index (χ0) is 21.4. The minimum Gasteiger partial charge on any atom is -0.347 e. The Bertz CT molecular complexity index is 976. The van der Waals surface area contributed by atoms with Crippen LogP contribution in [0, 0.1) is 32.6 Å². The van der Waals surface area contributed by atoms with E-state index in [1.807, 2.05) is 37.1 Å². The van der Waals surface area contributed by atoms with Gasteiger partial charge in [-0.3, -0.25) is 9.59 Å². The second-order valence-electron chi connectivity index (χ2n) is 8.52. The number of amides is 2. The van der Waals surface area contributed by atoms with Crippen LogP contribution in [-0.2, 0) is 9.59 Å². The van der Waals surface area contributed by atoms with E-state index in [0.717, 1.165) is 30.3 Å². The molecule has 4 rings (SSSR count). The molecule has 2 aromatic rings. The fraction of sp³-hybridized carbons (Fsp3) is 0.478. The molecule has 0 bridgehead atoms. The monoisotopic (exact) mass is 407 g/mol. The van der Waals surface area contributed by atoms with Gasteiger partial charge in [-0.05, 0) is 37.5 Å². The molecule has 3 atom stereocenters. The fourth-order valence-corrected chi connectivity index (χ4v) is 4.75. The molecule has 0 unspecified atom stereocenters. The van der Waals surface area contributed by atoms with Crippen LogP contribution in [0.5, 0.6) is 0 Å². The molecule has 0 aliphatic carbocycles.